The number of hydrogen-bond donors (Lipinski definition) is 0. The Balaban J connectivity index is 1.67. The Morgan fingerprint density at radius 2 is 1.81 bits per heavy atom. The van der Waals surface area contributed by atoms with E-state index in [0.29, 0.717) is 24.2 Å². The molecule has 4 aliphatic heterocycles. The maximum atomic E-state index is 12.7. The van der Waals surface area contributed by atoms with Crippen LogP contribution in [0, 0.1) is 29.1 Å². The largest absolute Gasteiger partial charge is 0.345 e. The van der Waals surface area contributed by atoms with Crippen LogP contribution in [0.4, 0.5) is 0 Å². The lowest BCUT2D eigenvalue weighted by molar-refractivity contribution is -0.570. The van der Waals surface area contributed by atoms with Crippen molar-refractivity contribution >= 4 is 5.78 Å². The summed E-state index contributed by atoms with van der Waals surface area (Å²) >= 11 is 0. The Hall–Kier alpha value is -0.490. The molecule has 5 aliphatic rings. The summed E-state index contributed by atoms with van der Waals surface area (Å²) in [6.45, 7) is 12.4. The van der Waals surface area contributed by atoms with Crippen LogP contribution in [0.2, 0.25) is 0 Å². The van der Waals surface area contributed by atoms with Crippen LogP contribution in [0.1, 0.15) is 73.6 Å². The van der Waals surface area contributed by atoms with Gasteiger partial charge in [-0.1, -0.05) is 34.6 Å². The van der Waals surface area contributed by atoms with Gasteiger partial charge >= 0.3 is 0 Å². The van der Waals surface area contributed by atoms with Gasteiger partial charge in [0.05, 0.1) is 6.10 Å². The van der Waals surface area contributed by atoms with Crippen molar-refractivity contribution in [2.75, 3.05) is 0 Å². The Morgan fingerprint density at radius 3 is 2.50 bits per heavy atom. The number of ketones is 1. The molecule has 5 fully saturated rings. The van der Waals surface area contributed by atoms with Gasteiger partial charge in [0.15, 0.2) is 11.9 Å². The van der Waals surface area contributed by atoms with Gasteiger partial charge in [-0.2, -0.15) is 0 Å². The Morgan fingerprint density at radius 1 is 1.08 bits per heavy atom. The molecule has 4 heterocycles. The molecule has 0 aromatic carbocycles. The number of ether oxygens (including phenoxy) is 2. The zero-order valence-electron chi connectivity index (χ0n) is 17.0. The van der Waals surface area contributed by atoms with Crippen LogP contribution in [0.5, 0.6) is 0 Å². The van der Waals surface area contributed by atoms with Gasteiger partial charge in [-0.25, -0.2) is 9.78 Å². The first-order valence-corrected chi connectivity index (χ1v) is 10.3. The predicted molar refractivity (Wildman–Crippen MR) is 95.9 cm³/mol. The molecule has 0 aromatic rings. The van der Waals surface area contributed by atoms with Crippen molar-refractivity contribution in [1.82, 2.24) is 0 Å². The fourth-order valence-electron chi connectivity index (χ4n) is 5.70. The first kappa shape index (κ1) is 18.9. The van der Waals surface area contributed by atoms with Crippen LogP contribution < -0.4 is 0 Å². The first-order chi connectivity index (χ1) is 12.1. The smallest absolute Gasteiger partial charge is 0.201 e. The van der Waals surface area contributed by atoms with E-state index in [2.05, 4.69) is 13.8 Å². The van der Waals surface area contributed by atoms with E-state index in [-0.39, 0.29) is 23.2 Å². The van der Waals surface area contributed by atoms with Crippen LogP contribution >= 0.6 is 0 Å². The van der Waals surface area contributed by atoms with Gasteiger partial charge in [0.1, 0.15) is 5.78 Å². The van der Waals surface area contributed by atoms with Crippen LogP contribution in [0.25, 0.3) is 0 Å². The maximum absolute atomic E-state index is 12.7. The van der Waals surface area contributed by atoms with E-state index in [9.17, 15) is 4.79 Å². The molecule has 1 saturated carbocycles. The van der Waals surface area contributed by atoms with E-state index in [1.807, 2.05) is 27.7 Å². The summed E-state index contributed by atoms with van der Waals surface area (Å²) in [7, 11) is 0. The van der Waals surface area contributed by atoms with Gasteiger partial charge in [-0.3, -0.25) is 4.79 Å². The zero-order valence-corrected chi connectivity index (χ0v) is 17.0. The zero-order chi connectivity index (χ0) is 18.9. The Kier molecular flexibility index (Phi) is 4.35. The van der Waals surface area contributed by atoms with E-state index in [1.54, 1.807) is 0 Å². The molecule has 0 N–H and O–H groups in total. The molecule has 148 valence electrons. The topological polar surface area (TPSA) is 54.0 Å². The average molecular weight is 366 g/mol. The summed E-state index contributed by atoms with van der Waals surface area (Å²) in [6.07, 6.45) is 3.98. The second-order valence-electron chi connectivity index (χ2n) is 10.3. The van der Waals surface area contributed by atoms with Gasteiger partial charge < -0.3 is 9.47 Å². The molecule has 0 radical (unpaired) electrons. The third kappa shape index (κ3) is 2.69. The molecule has 8 atom stereocenters. The van der Waals surface area contributed by atoms with Crippen molar-refractivity contribution in [2.24, 2.45) is 29.1 Å². The minimum atomic E-state index is -0.753. The molecule has 26 heavy (non-hydrogen) atoms. The molecule has 5 nitrogen and oxygen atoms in total. The van der Waals surface area contributed by atoms with Crippen LogP contribution in [-0.4, -0.2) is 29.6 Å². The van der Waals surface area contributed by atoms with Crippen LogP contribution in [0.3, 0.4) is 0 Å². The molecule has 0 aromatic heterocycles. The molecule has 1 aliphatic carbocycles. The lowest BCUT2D eigenvalue weighted by atomic mass is 9.57. The summed E-state index contributed by atoms with van der Waals surface area (Å²) in [4.78, 5) is 24.7. The Labute approximate surface area is 157 Å². The summed E-state index contributed by atoms with van der Waals surface area (Å²) in [6, 6.07) is 0. The maximum Gasteiger partial charge on any atom is 0.201 e. The lowest BCUT2D eigenvalue weighted by Gasteiger charge is -2.60. The SMILES string of the molecule is C[C@H]1[C@@H](CC(=O)C(C)(C)C)O[C@@H]2O[C@@]3(C)CC[C@H]4[C@H](C)CC[C@@H]1[C@@]24OO3. The number of rotatable bonds is 2. The quantitative estimate of drug-likeness (QED) is 0.684. The van der Waals surface area contributed by atoms with Crippen molar-refractivity contribution in [2.45, 2.75) is 97.4 Å². The normalized spacial score (nSPS) is 50.8. The fourth-order valence-corrected chi connectivity index (χ4v) is 5.70. The molecule has 1 spiro atoms. The standard InChI is InChI=1S/C21H34O5/c1-12-7-8-15-13(2)16(11-17(22)19(3,4)5)23-18-21(15)14(12)9-10-20(6,24-18)25-26-21/h12-16,18H,7-11H2,1-6H3/t12-,13-,14+,15+,16-,18-,20-,21-/m1/s1. The van der Waals surface area contributed by atoms with Crippen molar-refractivity contribution in [3.63, 3.8) is 0 Å². The third-order valence-corrected chi connectivity index (χ3v) is 7.52. The van der Waals surface area contributed by atoms with Gasteiger partial charge in [0.2, 0.25) is 5.79 Å². The first-order valence-electron chi connectivity index (χ1n) is 10.3. The second kappa shape index (κ2) is 6.00. The molecular formula is C21H34O5. The molecule has 2 bridgehead atoms. The molecule has 0 amide bonds. The average Bonchev–Trinajstić information content (AvgIpc) is 2.77. The number of hydrogen-bond acceptors (Lipinski definition) is 5. The molecule has 4 saturated heterocycles. The summed E-state index contributed by atoms with van der Waals surface area (Å²) in [5.74, 6) is 0.956. The highest BCUT2D eigenvalue weighted by molar-refractivity contribution is 5.84. The van der Waals surface area contributed by atoms with E-state index < -0.39 is 17.7 Å². The monoisotopic (exact) mass is 366 g/mol. The second-order valence-corrected chi connectivity index (χ2v) is 10.3. The summed E-state index contributed by atoms with van der Waals surface area (Å²) in [5, 5.41) is 0. The highest BCUT2D eigenvalue weighted by atomic mass is 17.3. The van der Waals surface area contributed by atoms with E-state index in [1.165, 1.54) is 6.42 Å². The van der Waals surface area contributed by atoms with Crippen LogP contribution in [-0.2, 0) is 24.0 Å². The van der Waals surface area contributed by atoms with Crippen molar-refractivity contribution in [3.05, 3.63) is 0 Å². The Bertz CT molecular complexity index is 583. The van der Waals surface area contributed by atoms with Gasteiger partial charge in [-0.05, 0) is 43.9 Å². The van der Waals surface area contributed by atoms with Gasteiger partial charge in [0.25, 0.3) is 0 Å². The molecule has 5 rings (SSSR count). The number of fused-ring (bicyclic) bond motifs is 2. The van der Waals surface area contributed by atoms with Crippen molar-refractivity contribution in [3.8, 4) is 0 Å². The molecule has 0 unspecified atom stereocenters. The summed E-state index contributed by atoms with van der Waals surface area (Å²) < 4.78 is 12.8. The van der Waals surface area contributed by atoms with Gasteiger partial charge in [0, 0.05) is 24.2 Å². The summed E-state index contributed by atoms with van der Waals surface area (Å²) in [5.41, 5.74) is -0.884. The molecule has 5 heteroatoms. The lowest BCUT2D eigenvalue weighted by Crippen LogP contribution is -2.70. The highest BCUT2D eigenvalue weighted by Crippen LogP contribution is 2.60. The molecular weight excluding hydrogens is 332 g/mol. The van der Waals surface area contributed by atoms with E-state index >= 15 is 0 Å². The fraction of sp³-hybridized carbons (Fsp3) is 0.952. The van der Waals surface area contributed by atoms with Crippen LogP contribution in [0.15, 0.2) is 0 Å². The van der Waals surface area contributed by atoms with Gasteiger partial charge in [-0.15, -0.1) is 0 Å². The number of carbonyl (C=O) groups is 1. The third-order valence-electron chi connectivity index (χ3n) is 7.52. The van der Waals surface area contributed by atoms with Crippen molar-refractivity contribution < 1.29 is 24.0 Å². The number of Topliss-reactive ketones (excluding diaryl/α,β-unsaturated/α-hetero) is 1. The van der Waals surface area contributed by atoms with E-state index in [0.717, 1.165) is 19.3 Å². The van der Waals surface area contributed by atoms with Crippen molar-refractivity contribution in [1.29, 1.82) is 0 Å². The highest BCUT2D eigenvalue weighted by Gasteiger charge is 2.69. The van der Waals surface area contributed by atoms with E-state index in [4.69, 9.17) is 19.2 Å². The predicted octanol–water partition coefficient (Wildman–Crippen LogP) is 4.24. The number of carbonyl (C=O) groups excluding carboxylic acids is 1. The minimum Gasteiger partial charge on any atom is -0.345 e. The minimum absolute atomic E-state index is 0.122.